The van der Waals surface area contributed by atoms with E-state index in [9.17, 15) is 4.39 Å². The average Bonchev–Trinajstić information content (AvgIpc) is 3.24. The number of rotatable bonds is 4. The summed E-state index contributed by atoms with van der Waals surface area (Å²) in [6, 6.07) is 10.6. The first-order valence-corrected chi connectivity index (χ1v) is 7.36. The molecule has 0 heterocycles. The molecule has 1 aliphatic rings. The lowest BCUT2D eigenvalue weighted by Crippen LogP contribution is -2.16. The van der Waals surface area contributed by atoms with Gasteiger partial charge in [0, 0.05) is 28.2 Å². The summed E-state index contributed by atoms with van der Waals surface area (Å²) in [6.45, 7) is 0.711. The van der Waals surface area contributed by atoms with E-state index in [4.69, 9.17) is 23.2 Å². The van der Waals surface area contributed by atoms with E-state index in [1.165, 1.54) is 25.0 Å². The Morgan fingerprint density at radius 3 is 2.60 bits per heavy atom. The van der Waals surface area contributed by atoms with E-state index in [-0.39, 0.29) is 5.82 Å². The van der Waals surface area contributed by atoms with Crippen LogP contribution in [0.4, 0.5) is 4.39 Å². The molecule has 0 radical (unpaired) electrons. The zero-order valence-electron chi connectivity index (χ0n) is 10.8. The van der Waals surface area contributed by atoms with Gasteiger partial charge < -0.3 is 5.32 Å². The van der Waals surface area contributed by atoms with Gasteiger partial charge in [-0.3, -0.25) is 0 Å². The maximum absolute atomic E-state index is 13.6. The molecule has 20 heavy (non-hydrogen) atoms. The summed E-state index contributed by atoms with van der Waals surface area (Å²) >= 11 is 12.3. The molecule has 1 saturated carbocycles. The number of hydrogen-bond donors (Lipinski definition) is 1. The fraction of sp³-hybridized carbons (Fsp3) is 0.250. The highest BCUT2D eigenvalue weighted by atomic mass is 35.5. The second kappa shape index (κ2) is 5.72. The molecule has 1 nitrogen and oxygen atoms in total. The van der Waals surface area contributed by atoms with Crippen molar-refractivity contribution in [3.05, 3.63) is 57.8 Å². The lowest BCUT2D eigenvalue weighted by atomic mass is 9.99. The monoisotopic (exact) mass is 309 g/mol. The summed E-state index contributed by atoms with van der Waals surface area (Å²) in [4.78, 5) is 0. The van der Waals surface area contributed by atoms with Crippen molar-refractivity contribution in [2.75, 3.05) is 0 Å². The van der Waals surface area contributed by atoms with E-state index < -0.39 is 0 Å². The highest BCUT2D eigenvalue weighted by Gasteiger charge is 2.21. The minimum absolute atomic E-state index is 0.272. The van der Waals surface area contributed by atoms with Crippen molar-refractivity contribution in [2.24, 2.45) is 0 Å². The first-order valence-electron chi connectivity index (χ1n) is 6.61. The molecule has 2 aromatic rings. The molecule has 0 atom stereocenters. The number of halogens is 3. The highest BCUT2D eigenvalue weighted by molar-refractivity contribution is 6.35. The van der Waals surface area contributed by atoms with E-state index in [1.807, 2.05) is 0 Å². The first kappa shape index (κ1) is 13.9. The smallest absolute Gasteiger partial charge is 0.123 e. The topological polar surface area (TPSA) is 12.0 Å². The van der Waals surface area contributed by atoms with Crippen molar-refractivity contribution < 1.29 is 4.39 Å². The van der Waals surface area contributed by atoms with E-state index in [2.05, 4.69) is 5.32 Å². The molecule has 0 spiro atoms. The SMILES string of the molecule is Fc1ccc(CNC2CC2)c(-c2cc(Cl)ccc2Cl)c1. The van der Waals surface area contributed by atoms with Gasteiger partial charge in [-0.15, -0.1) is 0 Å². The third-order valence-electron chi connectivity index (χ3n) is 3.45. The van der Waals surface area contributed by atoms with Gasteiger partial charge in [-0.25, -0.2) is 4.39 Å². The van der Waals surface area contributed by atoms with Crippen molar-refractivity contribution in [2.45, 2.75) is 25.4 Å². The molecule has 2 aromatic carbocycles. The third kappa shape index (κ3) is 3.14. The molecule has 0 amide bonds. The molecule has 3 rings (SSSR count). The predicted molar refractivity (Wildman–Crippen MR) is 81.7 cm³/mol. The van der Waals surface area contributed by atoms with Crippen molar-refractivity contribution in [3.8, 4) is 11.1 Å². The lowest BCUT2D eigenvalue weighted by Gasteiger charge is -2.12. The molecule has 0 aromatic heterocycles. The quantitative estimate of drug-likeness (QED) is 0.833. The Labute approximate surface area is 127 Å². The molecule has 1 aliphatic carbocycles. The fourth-order valence-corrected chi connectivity index (χ4v) is 2.59. The zero-order chi connectivity index (χ0) is 14.1. The summed E-state index contributed by atoms with van der Waals surface area (Å²) in [5.41, 5.74) is 2.60. The highest BCUT2D eigenvalue weighted by Crippen LogP contribution is 2.33. The number of benzene rings is 2. The van der Waals surface area contributed by atoms with Gasteiger partial charge in [-0.2, -0.15) is 0 Å². The first-order chi connectivity index (χ1) is 9.63. The number of hydrogen-bond acceptors (Lipinski definition) is 1. The second-order valence-electron chi connectivity index (χ2n) is 5.08. The van der Waals surface area contributed by atoms with Crippen LogP contribution in [-0.4, -0.2) is 6.04 Å². The summed E-state index contributed by atoms with van der Waals surface area (Å²) < 4.78 is 13.6. The normalized spacial score (nSPS) is 14.6. The molecule has 104 valence electrons. The maximum Gasteiger partial charge on any atom is 0.123 e. The van der Waals surface area contributed by atoms with Gasteiger partial charge in [0.2, 0.25) is 0 Å². The van der Waals surface area contributed by atoms with Crippen LogP contribution in [0.15, 0.2) is 36.4 Å². The Morgan fingerprint density at radius 2 is 1.85 bits per heavy atom. The van der Waals surface area contributed by atoms with E-state index >= 15 is 0 Å². The summed E-state index contributed by atoms with van der Waals surface area (Å²) in [6.07, 6.45) is 2.43. The molecular weight excluding hydrogens is 296 g/mol. The van der Waals surface area contributed by atoms with Gasteiger partial charge >= 0.3 is 0 Å². The molecule has 0 unspecified atom stereocenters. The van der Waals surface area contributed by atoms with Crippen molar-refractivity contribution in [1.82, 2.24) is 5.32 Å². The molecule has 0 bridgehead atoms. The van der Waals surface area contributed by atoms with Gasteiger partial charge in [0.05, 0.1) is 0 Å². The second-order valence-corrected chi connectivity index (χ2v) is 5.92. The Kier molecular flexibility index (Phi) is 3.97. The van der Waals surface area contributed by atoms with Crippen LogP contribution in [0.25, 0.3) is 11.1 Å². The summed E-state index contributed by atoms with van der Waals surface area (Å²) in [5, 5.41) is 4.61. The largest absolute Gasteiger partial charge is 0.310 e. The predicted octanol–water partition coefficient (Wildman–Crippen LogP) is 5.05. The molecular formula is C16H14Cl2FN. The van der Waals surface area contributed by atoms with Gasteiger partial charge in [-0.1, -0.05) is 29.3 Å². The molecule has 4 heteroatoms. The van der Waals surface area contributed by atoms with Crippen LogP contribution in [-0.2, 0) is 6.54 Å². The molecule has 1 fully saturated rings. The Balaban J connectivity index is 2.00. The van der Waals surface area contributed by atoms with Crippen LogP contribution in [0.2, 0.25) is 10.0 Å². The van der Waals surface area contributed by atoms with Crippen LogP contribution in [0.1, 0.15) is 18.4 Å². The Bertz CT molecular complexity index is 638. The zero-order valence-corrected chi connectivity index (χ0v) is 12.3. The van der Waals surface area contributed by atoms with Crippen molar-refractivity contribution in [1.29, 1.82) is 0 Å². The van der Waals surface area contributed by atoms with Crippen molar-refractivity contribution in [3.63, 3.8) is 0 Å². The van der Waals surface area contributed by atoms with Crippen LogP contribution in [0.3, 0.4) is 0 Å². The van der Waals surface area contributed by atoms with Crippen LogP contribution < -0.4 is 5.32 Å². The van der Waals surface area contributed by atoms with Crippen LogP contribution >= 0.6 is 23.2 Å². The Morgan fingerprint density at radius 1 is 1.05 bits per heavy atom. The lowest BCUT2D eigenvalue weighted by molar-refractivity contribution is 0.625. The standard InChI is InChI=1S/C16H14Cl2FN/c17-11-2-6-16(18)15(7-11)14-8-12(19)3-1-10(14)9-20-13-4-5-13/h1-3,6-8,13,20H,4-5,9H2. The van der Waals surface area contributed by atoms with Gasteiger partial charge in [-0.05, 0) is 54.3 Å². The van der Waals surface area contributed by atoms with Crippen molar-refractivity contribution >= 4 is 23.2 Å². The molecule has 1 N–H and O–H groups in total. The summed E-state index contributed by atoms with van der Waals surface area (Å²) in [5.74, 6) is -0.272. The fourth-order valence-electron chi connectivity index (χ4n) is 2.20. The van der Waals surface area contributed by atoms with Crippen LogP contribution in [0.5, 0.6) is 0 Å². The minimum Gasteiger partial charge on any atom is -0.310 e. The third-order valence-corrected chi connectivity index (χ3v) is 4.01. The van der Waals surface area contributed by atoms with Gasteiger partial charge in [0.15, 0.2) is 0 Å². The number of nitrogens with one attached hydrogen (secondary N) is 1. The van der Waals surface area contributed by atoms with E-state index in [0.717, 1.165) is 16.7 Å². The minimum atomic E-state index is -0.272. The van der Waals surface area contributed by atoms with Gasteiger partial charge in [0.1, 0.15) is 5.82 Å². The molecule has 0 aliphatic heterocycles. The van der Waals surface area contributed by atoms with Crippen LogP contribution in [0, 0.1) is 5.82 Å². The molecule has 0 saturated heterocycles. The average molecular weight is 310 g/mol. The van der Waals surface area contributed by atoms with Gasteiger partial charge in [0.25, 0.3) is 0 Å². The van der Waals surface area contributed by atoms with E-state index in [0.29, 0.717) is 22.6 Å². The Hall–Kier alpha value is -1.09. The summed E-state index contributed by atoms with van der Waals surface area (Å²) in [7, 11) is 0. The van der Waals surface area contributed by atoms with E-state index in [1.54, 1.807) is 24.3 Å². The maximum atomic E-state index is 13.6.